The molecule has 0 heterocycles. The molecule has 1 unspecified atom stereocenters. The number of hydrogen-bond donors (Lipinski definition) is 3. The number of benzene rings is 3. The molecule has 0 aliphatic heterocycles. The van der Waals surface area contributed by atoms with Crippen molar-refractivity contribution in [2.45, 2.75) is 51.1 Å². The SMILES string of the molecule is CCC(C)[C@@H](CN(CC(=O)N[C@@H](CCSC)C(=O)O)Cc1cccc2ccccc12)NC(=O)CSCc1ccccc1[N+](=O)[O-]. The monoisotopic (exact) mass is 654 g/mol. The molecule has 3 aromatic carbocycles. The Hall–Kier alpha value is -3.61. The van der Waals surface area contributed by atoms with Gasteiger partial charge in [-0.15, -0.1) is 11.8 Å². The fourth-order valence-corrected chi connectivity index (χ4v) is 6.34. The fraction of sp³-hybridized carbons (Fsp3) is 0.424. The summed E-state index contributed by atoms with van der Waals surface area (Å²) < 4.78 is 0. The van der Waals surface area contributed by atoms with E-state index in [2.05, 4.69) is 10.6 Å². The Balaban J connectivity index is 1.76. The van der Waals surface area contributed by atoms with Crippen LogP contribution in [0.2, 0.25) is 0 Å². The maximum absolute atomic E-state index is 13.2. The van der Waals surface area contributed by atoms with Gasteiger partial charge < -0.3 is 15.7 Å². The number of aliphatic carboxylic acids is 1. The zero-order chi connectivity index (χ0) is 32.8. The average Bonchev–Trinajstić information content (AvgIpc) is 3.02. The van der Waals surface area contributed by atoms with Gasteiger partial charge in [0, 0.05) is 36.5 Å². The van der Waals surface area contributed by atoms with Gasteiger partial charge in [-0.2, -0.15) is 11.8 Å². The fourth-order valence-electron chi connectivity index (χ4n) is 5.04. The molecule has 2 amide bonds. The molecule has 45 heavy (non-hydrogen) atoms. The number of nitrogens with zero attached hydrogens (tertiary/aromatic N) is 2. The van der Waals surface area contributed by atoms with Crippen molar-refractivity contribution < 1.29 is 24.4 Å². The van der Waals surface area contributed by atoms with Gasteiger partial charge in [0.1, 0.15) is 6.04 Å². The molecular formula is C33H42N4O6S2. The molecule has 3 atom stereocenters. The van der Waals surface area contributed by atoms with E-state index < -0.39 is 22.8 Å². The zero-order valence-electron chi connectivity index (χ0n) is 25.9. The summed E-state index contributed by atoms with van der Waals surface area (Å²) in [6, 6.07) is 19.3. The van der Waals surface area contributed by atoms with E-state index in [0.29, 0.717) is 36.6 Å². The van der Waals surface area contributed by atoms with Crippen molar-refractivity contribution in [3.8, 4) is 0 Å². The first kappa shape index (κ1) is 35.9. The van der Waals surface area contributed by atoms with Crippen LogP contribution in [0.4, 0.5) is 5.69 Å². The summed E-state index contributed by atoms with van der Waals surface area (Å²) >= 11 is 2.83. The van der Waals surface area contributed by atoms with Gasteiger partial charge >= 0.3 is 5.97 Å². The van der Waals surface area contributed by atoms with Gasteiger partial charge in [0.2, 0.25) is 11.8 Å². The predicted octanol–water partition coefficient (Wildman–Crippen LogP) is 5.34. The maximum atomic E-state index is 13.2. The molecule has 0 aliphatic carbocycles. The highest BCUT2D eigenvalue weighted by molar-refractivity contribution is 7.99. The lowest BCUT2D eigenvalue weighted by Crippen LogP contribution is -2.51. The van der Waals surface area contributed by atoms with E-state index in [1.54, 1.807) is 18.2 Å². The van der Waals surface area contributed by atoms with Crippen molar-refractivity contribution in [3.63, 3.8) is 0 Å². The van der Waals surface area contributed by atoms with Crippen molar-refractivity contribution in [1.82, 2.24) is 15.5 Å². The number of nitro groups is 1. The van der Waals surface area contributed by atoms with Gasteiger partial charge in [0.05, 0.1) is 17.2 Å². The van der Waals surface area contributed by atoms with Crippen molar-refractivity contribution in [1.29, 1.82) is 0 Å². The second-order valence-corrected chi connectivity index (χ2v) is 13.0. The lowest BCUT2D eigenvalue weighted by Gasteiger charge is -2.31. The van der Waals surface area contributed by atoms with Gasteiger partial charge in [0.15, 0.2) is 0 Å². The topological polar surface area (TPSA) is 142 Å². The first-order valence-corrected chi connectivity index (χ1v) is 17.5. The molecule has 0 fully saturated rings. The molecule has 3 aromatic rings. The largest absolute Gasteiger partial charge is 0.480 e. The molecular weight excluding hydrogens is 613 g/mol. The Labute approximate surface area is 272 Å². The zero-order valence-corrected chi connectivity index (χ0v) is 27.6. The van der Waals surface area contributed by atoms with Crippen LogP contribution in [-0.4, -0.2) is 75.6 Å². The second kappa shape index (κ2) is 18.4. The molecule has 3 rings (SSSR count). The third-order valence-electron chi connectivity index (χ3n) is 7.70. The molecule has 0 spiro atoms. The third-order valence-corrected chi connectivity index (χ3v) is 9.32. The van der Waals surface area contributed by atoms with Crippen LogP contribution < -0.4 is 10.6 Å². The van der Waals surface area contributed by atoms with Gasteiger partial charge in [-0.3, -0.25) is 24.6 Å². The van der Waals surface area contributed by atoms with Crippen molar-refractivity contribution in [2.24, 2.45) is 5.92 Å². The summed E-state index contributed by atoms with van der Waals surface area (Å²) in [4.78, 5) is 51.0. The van der Waals surface area contributed by atoms with E-state index in [1.165, 1.54) is 29.6 Å². The number of nitro benzene ring substituents is 1. The van der Waals surface area contributed by atoms with Crippen LogP contribution in [-0.2, 0) is 26.7 Å². The van der Waals surface area contributed by atoms with E-state index in [0.717, 1.165) is 22.8 Å². The smallest absolute Gasteiger partial charge is 0.326 e. The third kappa shape index (κ3) is 11.4. The standard InChI is InChI=1S/C33H42N4O6S2/c1-4-23(2)29(35-32(39)22-45-21-26-11-6-8-15-30(26)37(42)43)19-36(20-31(38)34-28(33(40)41)16-17-44-3)18-25-13-9-12-24-10-5-7-14-27(24)25/h5-15,23,28-29H,4,16-22H2,1-3H3,(H,34,38)(H,35,39)(H,40,41)/t23?,28-,29+/m0/s1. The minimum absolute atomic E-state index is 0.0313. The van der Waals surface area contributed by atoms with Crippen LogP contribution in [0.15, 0.2) is 66.7 Å². The summed E-state index contributed by atoms with van der Waals surface area (Å²) in [6.45, 7) is 4.84. The van der Waals surface area contributed by atoms with E-state index in [-0.39, 0.29) is 35.9 Å². The van der Waals surface area contributed by atoms with Gasteiger partial charge in [0.25, 0.3) is 5.69 Å². The van der Waals surface area contributed by atoms with E-state index in [4.69, 9.17) is 0 Å². The summed E-state index contributed by atoms with van der Waals surface area (Å²) in [6.07, 6.45) is 3.00. The second-order valence-electron chi connectivity index (χ2n) is 11.0. The molecule has 0 radical (unpaired) electrons. The number of amides is 2. The minimum atomic E-state index is -1.07. The van der Waals surface area contributed by atoms with E-state index >= 15 is 0 Å². The van der Waals surface area contributed by atoms with E-state index in [1.807, 2.05) is 67.5 Å². The van der Waals surface area contributed by atoms with Crippen LogP contribution >= 0.6 is 23.5 Å². The Morgan fingerprint density at radius 3 is 2.38 bits per heavy atom. The highest BCUT2D eigenvalue weighted by Gasteiger charge is 2.26. The van der Waals surface area contributed by atoms with Gasteiger partial charge in [-0.25, -0.2) is 4.79 Å². The Bertz CT molecular complexity index is 1450. The van der Waals surface area contributed by atoms with Gasteiger partial charge in [-0.1, -0.05) is 80.9 Å². The molecule has 0 aromatic heterocycles. The van der Waals surface area contributed by atoms with Crippen LogP contribution in [0.3, 0.4) is 0 Å². The minimum Gasteiger partial charge on any atom is -0.480 e. The van der Waals surface area contributed by atoms with Crippen LogP contribution in [0, 0.1) is 16.0 Å². The number of fused-ring (bicyclic) bond motifs is 1. The van der Waals surface area contributed by atoms with Crippen LogP contribution in [0.5, 0.6) is 0 Å². The molecule has 242 valence electrons. The highest BCUT2D eigenvalue weighted by Crippen LogP contribution is 2.24. The molecule has 12 heteroatoms. The number of carbonyl (C=O) groups is 3. The van der Waals surface area contributed by atoms with E-state index in [9.17, 15) is 29.6 Å². The first-order chi connectivity index (χ1) is 21.6. The predicted molar refractivity (Wildman–Crippen MR) is 182 cm³/mol. The number of carboxylic acid groups (broad SMARTS) is 1. The van der Waals surface area contributed by atoms with Crippen molar-refractivity contribution in [3.05, 3.63) is 88.0 Å². The Morgan fingerprint density at radius 1 is 0.978 bits per heavy atom. The quantitative estimate of drug-likeness (QED) is 0.115. The summed E-state index contributed by atoms with van der Waals surface area (Å²) in [5.74, 6) is -0.512. The molecule has 0 bridgehead atoms. The molecule has 0 saturated carbocycles. The van der Waals surface area contributed by atoms with Crippen LogP contribution in [0.25, 0.3) is 10.8 Å². The number of carboxylic acids is 1. The Kier molecular flexibility index (Phi) is 14.6. The Morgan fingerprint density at radius 2 is 1.67 bits per heavy atom. The number of nitrogens with one attached hydrogen (secondary N) is 2. The summed E-state index contributed by atoms with van der Waals surface area (Å²) in [5, 5.41) is 29.0. The lowest BCUT2D eigenvalue weighted by atomic mass is 9.97. The number of carbonyl (C=O) groups excluding carboxylic acids is 2. The van der Waals surface area contributed by atoms with Crippen molar-refractivity contribution >= 4 is 57.8 Å². The molecule has 10 nitrogen and oxygen atoms in total. The molecule has 3 N–H and O–H groups in total. The summed E-state index contributed by atoms with van der Waals surface area (Å²) in [7, 11) is 0. The maximum Gasteiger partial charge on any atom is 0.326 e. The number of hydrogen-bond acceptors (Lipinski definition) is 8. The highest BCUT2D eigenvalue weighted by atomic mass is 32.2. The lowest BCUT2D eigenvalue weighted by molar-refractivity contribution is -0.385. The molecule has 0 aliphatic rings. The number of thioether (sulfide) groups is 2. The van der Waals surface area contributed by atoms with Crippen molar-refractivity contribution in [2.75, 3.05) is 30.9 Å². The van der Waals surface area contributed by atoms with Gasteiger partial charge in [-0.05, 0) is 40.7 Å². The normalized spacial score (nSPS) is 13.2. The number of para-hydroxylation sites is 1. The average molecular weight is 655 g/mol. The first-order valence-electron chi connectivity index (χ1n) is 14.9. The summed E-state index contributed by atoms with van der Waals surface area (Å²) in [5.41, 5.74) is 1.61. The number of rotatable bonds is 19. The molecule has 0 saturated heterocycles. The van der Waals surface area contributed by atoms with Crippen LogP contribution in [0.1, 0.15) is 37.8 Å².